The minimum atomic E-state index is -1.59. The topological polar surface area (TPSA) is 46.4 Å². The van der Waals surface area contributed by atoms with Crippen molar-refractivity contribution in [1.82, 2.24) is 0 Å². The molecule has 1 saturated heterocycles. The summed E-state index contributed by atoms with van der Waals surface area (Å²) in [6.07, 6.45) is -0.969. The number of nitro groups is 1. The Morgan fingerprint density at radius 2 is 1.89 bits per heavy atom. The number of rotatable bonds is 2. The van der Waals surface area contributed by atoms with Crippen molar-refractivity contribution >= 4 is 11.4 Å². The van der Waals surface area contributed by atoms with Gasteiger partial charge in [0.25, 0.3) is 11.8 Å². The van der Waals surface area contributed by atoms with Crippen molar-refractivity contribution in [2.45, 2.75) is 19.8 Å². The zero-order valence-electron chi connectivity index (χ0n) is 10.5. The predicted molar refractivity (Wildman–Crippen MR) is 68.5 cm³/mol. The maximum atomic E-state index is 12.5. The van der Waals surface area contributed by atoms with E-state index in [1.54, 1.807) is 6.92 Å². The predicted octanol–water partition coefficient (Wildman–Crippen LogP) is 3.65. The van der Waals surface area contributed by atoms with Crippen LogP contribution in [0, 0.1) is 17.0 Å². The van der Waals surface area contributed by atoms with Gasteiger partial charge in [-0.1, -0.05) is 0 Å². The molecule has 0 unspecified atom stereocenters. The molecule has 0 atom stereocenters. The van der Waals surface area contributed by atoms with E-state index in [1.165, 1.54) is 12.1 Å². The molecule has 19 heavy (non-hydrogen) atoms. The summed E-state index contributed by atoms with van der Waals surface area (Å²) in [4.78, 5) is 12.3. The lowest BCUT2D eigenvalue weighted by atomic mass is 10.0. The highest BCUT2D eigenvalue weighted by atomic mass is 19.3. The Bertz CT molecular complexity index is 529. The molecule has 0 spiro atoms. The molecular weight excluding hydrogens is 254 g/mol. The van der Waals surface area contributed by atoms with E-state index in [-0.39, 0.29) is 11.3 Å². The molecule has 0 saturated carbocycles. The van der Waals surface area contributed by atoms with Gasteiger partial charge in [-0.2, -0.15) is 8.78 Å². The van der Waals surface area contributed by atoms with Crippen LogP contribution in [0.25, 0.3) is 0 Å². The molecule has 4 nitrogen and oxygen atoms in total. The van der Waals surface area contributed by atoms with Crippen molar-refractivity contribution in [1.29, 1.82) is 0 Å². The number of anilines is 1. The Labute approximate surface area is 109 Å². The first kappa shape index (κ1) is 13.5. The number of nitrogens with zero attached hydrogens (tertiary/aromatic N) is 2. The van der Waals surface area contributed by atoms with Crippen molar-refractivity contribution in [3.05, 3.63) is 45.5 Å². The Balaban J connectivity index is 2.20. The van der Waals surface area contributed by atoms with Crippen molar-refractivity contribution in [3.63, 3.8) is 0 Å². The molecule has 0 aromatic heterocycles. The summed E-state index contributed by atoms with van der Waals surface area (Å²) in [5.74, 6) is 0. The summed E-state index contributed by atoms with van der Waals surface area (Å²) in [5.41, 5.74) is 1.75. The van der Waals surface area contributed by atoms with Gasteiger partial charge in [0.05, 0.1) is 4.92 Å². The van der Waals surface area contributed by atoms with Gasteiger partial charge in [-0.3, -0.25) is 10.1 Å². The summed E-state index contributed by atoms with van der Waals surface area (Å²) in [6, 6.07) is 4.83. The van der Waals surface area contributed by atoms with Gasteiger partial charge in [0.15, 0.2) is 0 Å². The van der Waals surface area contributed by atoms with Crippen molar-refractivity contribution in [2.75, 3.05) is 18.0 Å². The van der Waals surface area contributed by atoms with Crippen LogP contribution in [0.1, 0.15) is 18.4 Å². The zero-order chi connectivity index (χ0) is 14.0. The number of hydrogen-bond donors (Lipinski definition) is 0. The van der Waals surface area contributed by atoms with Crippen LogP contribution in [0.15, 0.2) is 29.9 Å². The Morgan fingerprint density at radius 3 is 2.42 bits per heavy atom. The molecule has 2 rings (SSSR count). The molecule has 0 bridgehead atoms. The summed E-state index contributed by atoms with van der Waals surface area (Å²) in [5, 5.41) is 10.8. The van der Waals surface area contributed by atoms with Crippen LogP contribution >= 0.6 is 0 Å². The lowest BCUT2D eigenvalue weighted by Crippen LogP contribution is -2.30. The standard InChI is InChI=1S/C13H14F2N2O2/c1-9-6-11(8-12(7-9)17(18)19)16-4-2-10(3-5-16)13(14)15/h6-8H,2-5H2,1H3. The van der Waals surface area contributed by atoms with E-state index in [4.69, 9.17) is 0 Å². The third kappa shape index (κ3) is 3.07. The van der Waals surface area contributed by atoms with Crippen LogP contribution in [0.5, 0.6) is 0 Å². The summed E-state index contributed by atoms with van der Waals surface area (Å²) < 4.78 is 24.9. The van der Waals surface area contributed by atoms with E-state index in [0.717, 1.165) is 11.3 Å². The molecule has 0 radical (unpaired) electrons. The second-order valence-corrected chi connectivity index (χ2v) is 4.63. The largest absolute Gasteiger partial charge is 0.371 e. The van der Waals surface area contributed by atoms with Gasteiger partial charge in [-0.05, 0) is 37.0 Å². The molecule has 1 fully saturated rings. The second kappa shape index (κ2) is 5.34. The van der Waals surface area contributed by atoms with Gasteiger partial charge in [0.1, 0.15) is 0 Å². The molecular formula is C13H14F2N2O2. The van der Waals surface area contributed by atoms with Crippen LogP contribution in [0.4, 0.5) is 20.2 Å². The monoisotopic (exact) mass is 268 g/mol. The average molecular weight is 268 g/mol. The number of benzene rings is 1. The molecule has 0 aliphatic carbocycles. The Morgan fingerprint density at radius 1 is 1.26 bits per heavy atom. The second-order valence-electron chi connectivity index (χ2n) is 4.63. The van der Waals surface area contributed by atoms with E-state index >= 15 is 0 Å². The molecule has 6 heteroatoms. The molecule has 102 valence electrons. The van der Waals surface area contributed by atoms with Gasteiger partial charge < -0.3 is 4.90 Å². The number of halogens is 2. The van der Waals surface area contributed by atoms with Crippen LogP contribution in [0.3, 0.4) is 0 Å². The minimum absolute atomic E-state index is 0.0352. The zero-order valence-corrected chi connectivity index (χ0v) is 10.5. The Kier molecular flexibility index (Phi) is 3.78. The van der Waals surface area contributed by atoms with Crippen LogP contribution < -0.4 is 4.90 Å². The van der Waals surface area contributed by atoms with E-state index in [0.29, 0.717) is 25.9 Å². The minimum Gasteiger partial charge on any atom is -0.371 e. The van der Waals surface area contributed by atoms with Crippen LogP contribution in [-0.4, -0.2) is 18.0 Å². The fourth-order valence-electron chi connectivity index (χ4n) is 2.25. The highest BCUT2D eigenvalue weighted by Crippen LogP contribution is 2.29. The average Bonchev–Trinajstić information content (AvgIpc) is 2.38. The van der Waals surface area contributed by atoms with Gasteiger partial charge in [0, 0.05) is 30.9 Å². The van der Waals surface area contributed by atoms with Crippen molar-refractivity contribution in [2.24, 2.45) is 0 Å². The smallest absolute Gasteiger partial charge is 0.271 e. The van der Waals surface area contributed by atoms with Crippen LogP contribution in [-0.2, 0) is 0 Å². The molecule has 0 N–H and O–H groups in total. The lowest BCUT2D eigenvalue weighted by molar-refractivity contribution is -0.384. The summed E-state index contributed by atoms with van der Waals surface area (Å²) >= 11 is 0. The number of piperidine rings is 1. The molecule has 1 aliphatic heterocycles. The molecule has 1 heterocycles. The lowest BCUT2D eigenvalue weighted by Gasteiger charge is -2.30. The molecule has 1 aromatic rings. The van der Waals surface area contributed by atoms with Gasteiger partial charge in [0.2, 0.25) is 0 Å². The first-order valence-electron chi connectivity index (χ1n) is 6.01. The van der Waals surface area contributed by atoms with Gasteiger partial charge >= 0.3 is 0 Å². The van der Waals surface area contributed by atoms with Gasteiger partial charge in [-0.25, -0.2) is 0 Å². The summed E-state index contributed by atoms with van der Waals surface area (Å²) in [6.45, 7) is 2.72. The SMILES string of the molecule is Cc1cc(N2CCC(=C(F)F)CC2)cc([N+](=O)[O-])c1. The fraction of sp³-hybridized carbons (Fsp3) is 0.385. The maximum absolute atomic E-state index is 12.5. The Hall–Kier alpha value is -1.98. The van der Waals surface area contributed by atoms with Crippen molar-refractivity contribution in [3.8, 4) is 0 Å². The third-order valence-electron chi connectivity index (χ3n) is 3.26. The molecule has 1 aliphatic rings. The highest BCUT2D eigenvalue weighted by molar-refractivity contribution is 5.56. The van der Waals surface area contributed by atoms with Crippen LogP contribution in [0.2, 0.25) is 0 Å². The number of hydrogen-bond acceptors (Lipinski definition) is 3. The fourth-order valence-corrected chi connectivity index (χ4v) is 2.25. The quantitative estimate of drug-likeness (QED) is 0.607. The molecule has 0 amide bonds. The summed E-state index contributed by atoms with van der Waals surface area (Å²) in [7, 11) is 0. The number of non-ortho nitro benzene ring substituents is 1. The van der Waals surface area contributed by atoms with E-state index < -0.39 is 11.0 Å². The maximum Gasteiger partial charge on any atom is 0.271 e. The van der Waals surface area contributed by atoms with Gasteiger partial charge in [-0.15, -0.1) is 0 Å². The third-order valence-corrected chi connectivity index (χ3v) is 3.26. The first-order valence-corrected chi connectivity index (χ1v) is 6.01. The van der Waals surface area contributed by atoms with E-state index in [1.807, 2.05) is 11.0 Å². The van der Waals surface area contributed by atoms with E-state index in [9.17, 15) is 18.9 Å². The number of nitro benzene ring substituents is 1. The number of aryl methyl sites for hydroxylation is 1. The van der Waals surface area contributed by atoms with E-state index in [2.05, 4.69) is 0 Å². The molecule has 1 aromatic carbocycles. The van der Waals surface area contributed by atoms with Crippen molar-refractivity contribution < 1.29 is 13.7 Å². The normalized spacial score (nSPS) is 15.5. The first-order chi connectivity index (χ1) is 8.97. The highest BCUT2D eigenvalue weighted by Gasteiger charge is 2.19.